The van der Waals surface area contributed by atoms with E-state index in [1.807, 2.05) is 11.8 Å². The molecule has 1 fully saturated rings. The van der Waals surface area contributed by atoms with Gasteiger partial charge in [0.15, 0.2) is 10.8 Å². The molecule has 1 aromatic rings. The van der Waals surface area contributed by atoms with Gasteiger partial charge >= 0.3 is 17.9 Å². The Morgan fingerprint density at radius 2 is 1.70 bits per heavy atom. The van der Waals surface area contributed by atoms with Crippen LogP contribution in [0.3, 0.4) is 0 Å². The van der Waals surface area contributed by atoms with Gasteiger partial charge in [-0.15, -0.1) is 0 Å². The Bertz CT molecular complexity index is 722. The van der Waals surface area contributed by atoms with Crippen LogP contribution in [-0.2, 0) is 14.4 Å². The van der Waals surface area contributed by atoms with Gasteiger partial charge in [0.05, 0.1) is 18.9 Å². The largest absolute Gasteiger partial charge is 0.481 e. The fourth-order valence-electron chi connectivity index (χ4n) is 2.67. The van der Waals surface area contributed by atoms with Gasteiger partial charge < -0.3 is 25.3 Å². The summed E-state index contributed by atoms with van der Waals surface area (Å²) in [7, 11) is 0. The number of rotatable bonds is 6. The van der Waals surface area contributed by atoms with Crippen molar-refractivity contribution in [2.24, 2.45) is 4.99 Å². The quantitative estimate of drug-likeness (QED) is 0.550. The monoisotopic (exact) mass is 396 g/mol. The summed E-state index contributed by atoms with van der Waals surface area (Å²) in [6, 6.07) is 10.9. The van der Waals surface area contributed by atoms with E-state index in [1.54, 1.807) is 0 Å². The molecule has 0 saturated carbocycles. The summed E-state index contributed by atoms with van der Waals surface area (Å²) >= 11 is 1.89. The first-order valence-electron chi connectivity index (χ1n) is 8.11. The third-order valence-corrected chi connectivity index (χ3v) is 5.00. The van der Waals surface area contributed by atoms with Gasteiger partial charge in [-0.3, -0.25) is 14.6 Å². The first kappa shape index (κ1) is 20.7. The summed E-state index contributed by atoms with van der Waals surface area (Å²) < 4.78 is 0. The van der Waals surface area contributed by atoms with Crippen molar-refractivity contribution in [1.82, 2.24) is 4.90 Å². The molecule has 27 heavy (non-hydrogen) atoms. The SMILES string of the molecule is O=C(O)CC(O)(CC(=O)O)C(=O)O.c1ccc([C@H]2CN3CCSC3=N2)cc1. The van der Waals surface area contributed by atoms with Gasteiger partial charge in [-0.05, 0) is 5.56 Å². The van der Waals surface area contributed by atoms with Crippen molar-refractivity contribution in [2.45, 2.75) is 24.5 Å². The van der Waals surface area contributed by atoms with Crippen LogP contribution < -0.4 is 0 Å². The lowest BCUT2D eigenvalue weighted by Gasteiger charge is -2.18. The van der Waals surface area contributed by atoms with Gasteiger partial charge in [-0.1, -0.05) is 42.1 Å². The van der Waals surface area contributed by atoms with Crippen LogP contribution in [0.15, 0.2) is 35.3 Å². The summed E-state index contributed by atoms with van der Waals surface area (Å²) in [5.41, 5.74) is -1.40. The van der Waals surface area contributed by atoms with Crippen LogP contribution in [0.5, 0.6) is 0 Å². The highest BCUT2D eigenvalue weighted by Gasteiger charge is 2.40. The Balaban J connectivity index is 0.000000195. The van der Waals surface area contributed by atoms with E-state index >= 15 is 0 Å². The van der Waals surface area contributed by atoms with Crippen molar-refractivity contribution in [3.63, 3.8) is 0 Å². The average molecular weight is 396 g/mol. The third kappa shape index (κ3) is 5.69. The molecular weight excluding hydrogens is 376 g/mol. The van der Waals surface area contributed by atoms with Gasteiger partial charge in [-0.2, -0.15) is 0 Å². The normalized spacial score (nSPS) is 18.2. The molecule has 9 nitrogen and oxygen atoms in total. The number of hydrogen-bond donors (Lipinski definition) is 4. The second-order valence-corrected chi connectivity index (χ2v) is 7.17. The Kier molecular flexibility index (Phi) is 6.81. The van der Waals surface area contributed by atoms with Crippen LogP contribution >= 0.6 is 11.8 Å². The highest BCUT2D eigenvalue weighted by atomic mass is 32.2. The highest BCUT2D eigenvalue weighted by Crippen LogP contribution is 2.31. The van der Waals surface area contributed by atoms with E-state index in [-0.39, 0.29) is 0 Å². The van der Waals surface area contributed by atoms with Gasteiger partial charge in [0.25, 0.3) is 0 Å². The zero-order valence-corrected chi connectivity index (χ0v) is 15.1. The first-order valence-corrected chi connectivity index (χ1v) is 9.09. The molecule has 0 spiro atoms. The maximum absolute atomic E-state index is 10.3. The molecule has 1 aromatic carbocycles. The number of amidine groups is 1. The zero-order valence-electron chi connectivity index (χ0n) is 14.3. The second kappa shape index (κ2) is 8.87. The maximum atomic E-state index is 10.3. The molecule has 2 aliphatic rings. The van der Waals surface area contributed by atoms with Crippen LogP contribution in [0, 0.1) is 0 Å². The van der Waals surface area contributed by atoms with Gasteiger partial charge in [0.1, 0.15) is 0 Å². The lowest BCUT2D eigenvalue weighted by atomic mass is 9.96. The molecule has 3 rings (SSSR count). The molecule has 146 valence electrons. The number of aliphatic imine (C=N–C) groups is 1. The first-order chi connectivity index (χ1) is 12.7. The molecule has 0 amide bonds. The topological polar surface area (TPSA) is 148 Å². The molecule has 1 atom stereocenters. The summed E-state index contributed by atoms with van der Waals surface area (Å²) in [5.74, 6) is -3.81. The van der Waals surface area contributed by atoms with Crippen LogP contribution in [0.1, 0.15) is 24.4 Å². The van der Waals surface area contributed by atoms with Crippen molar-refractivity contribution in [2.75, 3.05) is 18.8 Å². The van der Waals surface area contributed by atoms with Crippen molar-refractivity contribution < 1.29 is 34.8 Å². The molecule has 0 unspecified atom stereocenters. The van der Waals surface area contributed by atoms with Crippen LogP contribution in [0.4, 0.5) is 0 Å². The molecule has 1 saturated heterocycles. The standard InChI is InChI=1S/C11H12N2S.C6H8O7/c1-2-4-9(5-3-1)10-8-13-6-7-14-11(13)12-10;7-3(8)1-6(13,5(11)12)2-4(9)10/h1-5,10H,6-8H2;13H,1-2H2,(H,7,8)(H,9,10)(H,11,12)/t10-;/m1./s1. The fraction of sp³-hybridized carbons (Fsp3) is 0.412. The minimum atomic E-state index is -2.74. The van der Waals surface area contributed by atoms with Crippen molar-refractivity contribution >= 4 is 34.8 Å². The third-order valence-electron chi connectivity index (χ3n) is 3.99. The maximum Gasteiger partial charge on any atom is 0.336 e. The Morgan fingerprint density at radius 3 is 2.19 bits per heavy atom. The summed E-state index contributed by atoms with van der Waals surface area (Å²) in [4.78, 5) is 37.6. The van der Waals surface area contributed by atoms with E-state index in [9.17, 15) is 14.4 Å². The van der Waals surface area contributed by atoms with E-state index < -0.39 is 36.4 Å². The second-order valence-electron chi connectivity index (χ2n) is 6.11. The number of aliphatic hydroxyl groups is 1. The average Bonchev–Trinajstić information content (AvgIpc) is 3.16. The number of benzene rings is 1. The van der Waals surface area contributed by atoms with Gasteiger partial charge in [0.2, 0.25) is 0 Å². The summed E-state index contributed by atoms with van der Waals surface area (Å²) in [5, 5.41) is 35.1. The number of carboxylic acid groups (broad SMARTS) is 3. The molecular formula is C17H20N2O7S. The smallest absolute Gasteiger partial charge is 0.336 e. The minimum Gasteiger partial charge on any atom is -0.481 e. The minimum absolute atomic E-state index is 0.374. The van der Waals surface area contributed by atoms with Crippen molar-refractivity contribution in [3.05, 3.63) is 35.9 Å². The number of nitrogens with zero attached hydrogens (tertiary/aromatic N) is 2. The lowest BCUT2D eigenvalue weighted by molar-refractivity contribution is -0.170. The zero-order chi connectivity index (χ0) is 20.0. The molecule has 0 aromatic heterocycles. The Labute approximate surface area is 159 Å². The fourth-order valence-corrected chi connectivity index (χ4v) is 3.72. The molecule has 2 aliphatic heterocycles. The number of fused-ring (bicyclic) bond motifs is 1. The van der Waals surface area contributed by atoms with Gasteiger partial charge in [0, 0.05) is 18.8 Å². The summed E-state index contributed by atoms with van der Waals surface area (Å²) in [6.45, 7) is 2.25. The van der Waals surface area contributed by atoms with E-state index in [2.05, 4.69) is 35.2 Å². The molecule has 2 heterocycles. The van der Waals surface area contributed by atoms with Gasteiger partial charge in [-0.25, -0.2) is 4.79 Å². The van der Waals surface area contributed by atoms with Crippen LogP contribution in [0.25, 0.3) is 0 Å². The molecule has 0 radical (unpaired) electrons. The van der Waals surface area contributed by atoms with E-state index in [0.717, 1.165) is 6.54 Å². The number of carboxylic acids is 3. The van der Waals surface area contributed by atoms with Crippen LogP contribution in [0.2, 0.25) is 0 Å². The Hall–Kier alpha value is -2.59. The van der Waals surface area contributed by atoms with E-state index in [0.29, 0.717) is 6.04 Å². The predicted molar refractivity (Wildman–Crippen MR) is 97.7 cm³/mol. The summed E-state index contributed by atoms with van der Waals surface area (Å²) in [6.07, 6.45) is -2.29. The van der Waals surface area contributed by atoms with Crippen molar-refractivity contribution in [1.29, 1.82) is 0 Å². The number of hydrogen-bond acceptors (Lipinski definition) is 7. The van der Waals surface area contributed by atoms with Crippen molar-refractivity contribution in [3.8, 4) is 0 Å². The molecule has 4 N–H and O–H groups in total. The highest BCUT2D eigenvalue weighted by molar-refractivity contribution is 8.14. The van der Waals surface area contributed by atoms with Crippen LogP contribution in [-0.4, -0.2) is 72.8 Å². The number of carbonyl (C=O) groups is 3. The van der Waals surface area contributed by atoms with E-state index in [4.69, 9.17) is 25.4 Å². The predicted octanol–water partition coefficient (Wildman–Crippen LogP) is 0.898. The number of aliphatic carboxylic acids is 3. The lowest BCUT2D eigenvalue weighted by Crippen LogP contribution is -2.42. The molecule has 10 heteroatoms. The van der Waals surface area contributed by atoms with E-state index in [1.165, 1.54) is 23.0 Å². The molecule has 0 aliphatic carbocycles. The Morgan fingerprint density at radius 1 is 1.11 bits per heavy atom. The molecule has 0 bridgehead atoms. The number of thioether (sulfide) groups is 1.